The molecule has 34 heavy (non-hydrogen) atoms. The van der Waals surface area contributed by atoms with Crippen LogP contribution >= 0.6 is 9.24 Å². The third-order valence-corrected chi connectivity index (χ3v) is 8.80. The predicted octanol–water partition coefficient (Wildman–Crippen LogP) is 7.25. The van der Waals surface area contributed by atoms with E-state index in [9.17, 15) is 43.2 Å². The van der Waals surface area contributed by atoms with Crippen LogP contribution in [0.15, 0.2) is 0 Å². The number of hydrogen-bond donors (Lipinski definition) is 1. The van der Waals surface area contributed by atoms with Crippen molar-refractivity contribution in [1.82, 2.24) is 4.13 Å². The first-order valence-electron chi connectivity index (χ1n) is 11.6. The Morgan fingerprint density at radius 2 is 0.912 bits per heavy atom. The zero-order valence-corrected chi connectivity index (χ0v) is 23.0. The summed E-state index contributed by atoms with van der Waals surface area (Å²) >= 11 is 0. The molecule has 0 heterocycles. The van der Waals surface area contributed by atoms with Crippen molar-refractivity contribution in [2.24, 2.45) is 5.41 Å². The average Bonchev–Trinajstić information content (AvgIpc) is 2.70. The van der Waals surface area contributed by atoms with E-state index in [-0.39, 0.29) is 0 Å². The molecule has 14 heteroatoms. The molecule has 0 aromatic carbocycles. The highest BCUT2D eigenvalue weighted by molar-refractivity contribution is 8.05. The van der Waals surface area contributed by atoms with Gasteiger partial charge in [0.1, 0.15) is 0 Å². The zero-order chi connectivity index (χ0) is 27.1. The molecule has 0 spiro atoms. The quantitative estimate of drug-likeness (QED) is 0.121. The molecule has 0 aliphatic carbocycles. The van der Waals surface area contributed by atoms with Gasteiger partial charge in [0.25, 0.3) is 0 Å². The highest BCUT2D eigenvalue weighted by Crippen LogP contribution is 2.41. The zero-order valence-electron chi connectivity index (χ0n) is 20.2. The lowest BCUT2D eigenvalue weighted by Crippen LogP contribution is -2.45. The van der Waals surface area contributed by atoms with E-state index in [0.29, 0.717) is 5.41 Å². The van der Waals surface area contributed by atoms with E-state index >= 15 is 0 Å². The molecule has 0 radical (unpaired) electrons. The lowest BCUT2D eigenvalue weighted by atomic mass is 9.71. The Morgan fingerprint density at radius 3 is 1.18 bits per heavy atom. The molecule has 0 bridgehead atoms. The third kappa shape index (κ3) is 14.4. The summed E-state index contributed by atoms with van der Waals surface area (Å²) in [5, 5.41) is 0. The molecule has 0 aromatic heterocycles. The second kappa shape index (κ2) is 16.6. The van der Waals surface area contributed by atoms with Crippen LogP contribution in [0.2, 0.25) is 0 Å². The van der Waals surface area contributed by atoms with E-state index in [1.165, 1.54) is 89.6 Å². The monoisotopic (exact) mass is 567 g/mol. The molecule has 0 amide bonds. The summed E-state index contributed by atoms with van der Waals surface area (Å²) in [4.78, 5) is 0. The number of unbranched alkanes of at least 4 members (excludes halogenated alkanes) is 5. The third-order valence-electron chi connectivity index (χ3n) is 5.42. The summed E-state index contributed by atoms with van der Waals surface area (Å²) in [6, 6.07) is 0. The standard InChI is InChI=1S/C18H39P.C2HF6NO4S2/c1-4-7-13-18(14-8-5-2,15-9-6-3)16-11-10-12-17-19;3-1(4,5)14(10,11)9-15(12,13)2(6,7)8/h4-17,19H2,1-3H3;9H. The Labute approximate surface area is 203 Å². The Morgan fingerprint density at radius 1 is 0.588 bits per heavy atom. The normalized spacial score (nSPS) is 13.5. The van der Waals surface area contributed by atoms with Gasteiger partial charge in [-0.15, -0.1) is 9.24 Å². The van der Waals surface area contributed by atoms with Crippen LogP contribution < -0.4 is 4.13 Å². The van der Waals surface area contributed by atoms with Gasteiger partial charge in [-0.25, -0.2) is 16.8 Å². The van der Waals surface area contributed by atoms with Gasteiger partial charge in [-0.1, -0.05) is 76.3 Å². The van der Waals surface area contributed by atoms with E-state index in [4.69, 9.17) is 0 Å². The minimum absolute atomic E-state index is 0.493. The van der Waals surface area contributed by atoms with Crippen molar-refractivity contribution < 1.29 is 43.2 Å². The molecule has 5 nitrogen and oxygen atoms in total. The molecule has 1 unspecified atom stereocenters. The molecule has 0 fully saturated rings. The van der Waals surface area contributed by atoms with E-state index in [0.717, 1.165) is 0 Å². The number of hydrogen-bond acceptors (Lipinski definition) is 4. The summed E-state index contributed by atoms with van der Waals surface area (Å²) in [6.45, 7) is 7.04. The molecule has 0 saturated heterocycles. The Kier molecular flexibility index (Phi) is 17.6. The van der Waals surface area contributed by atoms with Crippen molar-refractivity contribution in [3.8, 4) is 0 Å². The first kappa shape index (κ1) is 36.0. The summed E-state index contributed by atoms with van der Waals surface area (Å²) in [5.74, 6) is 0. The molecule has 0 rings (SSSR count). The molecule has 0 aliphatic heterocycles. The van der Waals surface area contributed by atoms with E-state index in [1.54, 1.807) is 0 Å². The number of nitrogens with one attached hydrogen (secondary N) is 1. The second-order valence-electron chi connectivity index (χ2n) is 8.39. The fourth-order valence-electron chi connectivity index (χ4n) is 3.47. The van der Waals surface area contributed by atoms with Gasteiger partial charge < -0.3 is 0 Å². The fourth-order valence-corrected chi connectivity index (χ4v) is 5.67. The first-order valence-corrected chi connectivity index (χ1v) is 15.3. The van der Waals surface area contributed by atoms with Crippen LogP contribution in [0, 0.1) is 5.41 Å². The van der Waals surface area contributed by atoms with E-state index < -0.39 is 35.2 Å². The highest BCUT2D eigenvalue weighted by Gasteiger charge is 2.55. The topological polar surface area (TPSA) is 80.3 Å². The van der Waals surface area contributed by atoms with Gasteiger partial charge in [0, 0.05) is 0 Å². The molecule has 0 aromatic rings. The van der Waals surface area contributed by atoms with Gasteiger partial charge in [-0.2, -0.15) is 26.3 Å². The fraction of sp³-hybridized carbons (Fsp3) is 1.00. The van der Waals surface area contributed by atoms with Crippen molar-refractivity contribution in [2.75, 3.05) is 6.16 Å². The SMILES string of the molecule is CCCCC(CCCC)(CCCC)CCCCCP.O=S(=O)(NS(=O)(=O)C(F)(F)F)C(F)(F)F. The van der Waals surface area contributed by atoms with Gasteiger partial charge >= 0.3 is 31.1 Å². The second-order valence-corrected chi connectivity index (χ2v) is 12.6. The van der Waals surface area contributed by atoms with Crippen molar-refractivity contribution in [3.05, 3.63) is 0 Å². The first-order chi connectivity index (χ1) is 15.4. The van der Waals surface area contributed by atoms with Gasteiger partial charge in [-0.3, -0.25) is 0 Å². The Hall–Kier alpha value is -0.130. The smallest absolute Gasteiger partial charge is 0.202 e. The van der Waals surface area contributed by atoms with E-state index in [1.807, 2.05) is 0 Å². The number of sulfonamides is 2. The van der Waals surface area contributed by atoms with Crippen molar-refractivity contribution >= 4 is 29.3 Å². The molecule has 208 valence electrons. The molecule has 1 atom stereocenters. The molecule has 0 aliphatic rings. The number of rotatable bonds is 16. The minimum atomic E-state index is -6.60. The predicted molar refractivity (Wildman–Crippen MR) is 127 cm³/mol. The van der Waals surface area contributed by atoms with Crippen molar-refractivity contribution in [1.29, 1.82) is 0 Å². The van der Waals surface area contributed by atoms with E-state index in [2.05, 4.69) is 30.0 Å². The van der Waals surface area contributed by atoms with Crippen LogP contribution in [-0.4, -0.2) is 34.0 Å². The summed E-state index contributed by atoms with van der Waals surface area (Å²) < 4.78 is 108. The lowest BCUT2D eigenvalue weighted by molar-refractivity contribution is -0.0476. The van der Waals surface area contributed by atoms with Gasteiger partial charge in [0.2, 0.25) is 0 Å². The van der Waals surface area contributed by atoms with Crippen molar-refractivity contribution in [3.63, 3.8) is 0 Å². The van der Waals surface area contributed by atoms with Gasteiger partial charge in [0.15, 0.2) is 0 Å². The largest absolute Gasteiger partial charge is 0.512 e. The van der Waals surface area contributed by atoms with Crippen LogP contribution in [-0.2, 0) is 20.0 Å². The maximum atomic E-state index is 11.5. The molecular weight excluding hydrogens is 527 g/mol. The summed E-state index contributed by atoms with van der Waals surface area (Å²) in [5.41, 5.74) is -11.6. The maximum absolute atomic E-state index is 11.5. The maximum Gasteiger partial charge on any atom is 0.512 e. The number of alkyl halides is 6. The molecule has 0 saturated carbocycles. The minimum Gasteiger partial charge on any atom is -0.202 e. The summed E-state index contributed by atoms with van der Waals surface area (Å²) in [7, 11) is -10.3. The highest BCUT2D eigenvalue weighted by atomic mass is 32.3. The number of halogens is 6. The van der Waals surface area contributed by atoms with Crippen LogP contribution in [0.4, 0.5) is 26.3 Å². The molecular formula is C20H40F6NO4PS2. The molecule has 1 N–H and O–H groups in total. The van der Waals surface area contributed by atoms with Gasteiger partial charge in [-0.05, 0) is 43.7 Å². The van der Waals surface area contributed by atoms with Crippen LogP contribution in [0.25, 0.3) is 0 Å². The van der Waals surface area contributed by atoms with Crippen molar-refractivity contribution in [2.45, 2.75) is 115 Å². The average molecular weight is 568 g/mol. The van der Waals surface area contributed by atoms with Crippen LogP contribution in [0.3, 0.4) is 0 Å². The van der Waals surface area contributed by atoms with Gasteiger partial charge in [0.05, 0.1) is 0 Å². The summed E-state index contributed by atoms with van der Waals surface area (Å²) in [6.07, 6.45) is 20.0. The Balaban J connectivity index is 0. The van der Waals surface area contributed by atoms with Crippen LogP contribution in [0.1, 0.15) is 104 Å². The Bertz CT molecular complexity index is 677. The lowest BCUT2D eigenvalue weighted by Gasteiger charge is -2.35. The van der Waals surface area contributed by atoms with Crippen LogP contribution in [0.5, 0.6) is 0 Å².